The van der Waals surface area contributed by atoms with E-state index in [2.05, 4.69) is 6.92 Å². The van der Waals surface area contributed by atoms with Crippen LogP contribution in [0.4, 0.5) is 0 Å². The van der Waals surface area contributed by atoms with Gasteiger partial charge in [0.2, 0.25) is 0 Å². The fraction of sp³-hybridized carbons (Fsp3) is 1.00. The Kier molecular flexibility index (Phi) is 1.74. The van der Waals surface area contributed by atoms with E-state index in [-0.39, 0.29) is 0 Å². The topological polar surface area (TPSA) is 9.23 Å². The maximum atomic E-state index is 6.00. The molecule has 1 saturated carbocycles. The van der Waals surface area contributed by atoms with Crippen molar-refractivity contribution in [1.29, 1.82) is 0 Å². The summed E-state index contributed by atoms with van der Waals surface area (Å²) in [5, 5.41) is 0. The van der Waals surface area contributed by atoms with Crippen LogP contribution in [0.1, 0.15) is 51.9 Å². The molecule has 3 aliphatic rings. The van der Waals surface area contributed by atoms with Crippen LogP contribution in [0.2, 0.25) is 0 Å². The van der Waals surface area contributed by atoms with Gasteiger partial charge >= 0.3 is 0 Å². The highest BCUT2D eigenvalue weighted by molar-refractivity contribution is 5.02. The third kappa shape index (κ3) is 1.16. The van der Waals surface area contributed by atoms with Gasteiger partial charge in [-0.15, -0.1) is 0 Å². The minimum absolute atomic E-state index is 0.648. The van der Waals surface area contributed by atoms with E-state index >= 15 is 0 Å². The summed E-state index contributed by atoms with van der Waals surface area (Å²) < 4.78 is 6.00. The van der Waals surface area contributed by atoms with Crippen molar-refractivity contribution in [2.24, 2.45) is 11.3 Å². The maximum absolute atomic E-state index is 6.00. The van der Waals surface area contributed by atoms with E-state index in [0.29, 0.717) is 17.6 Å². The predicted molar refractivity (Wildman–Crippen MR) is 52.6 cm³/mol. The van der Waals surface area contributed by atoms with Crippen molar-refractivity contribution in [3.05, 3.63) is 0 Å². The van der Waals surface area contributed by atoms with Crippen molar-refractivity contribution in [2.45, 2.75) is 64.1 Å². The molecule has 0 aromatic rings. The van der Waals surface area contributed by atoms with Crippen molar-refractivity contribution in [2.75, 3.05) is 0 Å². The zero-order chi connectivity index (χ0) is 8.89. The first-order valence-electron chi connectivity index (χ1n) is 5.94. The molecule has 0 amide bonds. The summed E-state index contributed by atoms with van der Waals surface area (Å²) >= 11 is 0. The van der Waals surface area contributed by atoms with Gasteiger partial charge in [0, 0.05) is 0 Å². The molecule has 0 aromatic heterocycles. The summed E-state index contributed by atoms with van der Waals surface area (Å²) in [6.07, 6.45) is 11.2. The van der Waals surface area contributed by atoms with Crippen LogP contribution in [-0.4, -0.2) is 12.2 Å². The number of hydrogen-bond acceptors (Lipinski definition) is 1. The van der Waals surface area contributed by atoms with Crippen LogP contribution < -0.4 is 0 Å². The molecule has 2 atom stereocenters. The van der Waals surface area contributed by atoms with Crippen LogP contribution in [0.3, 0.4) is 0 Å². The molecule has 2 aliphatic heterocycles. The summed E-state index contributed by atoms with van der Waals surface area (Å²) in [5.41, 5.74) is 0.648. The normalized spacial score (nSPS) is 54.7. The summed E-state index contributed by atoms with van der Waals surface area (Å²) in [5.74, 6) is 0.977. The van der Waals surface area contributed by atoms with Crippen molar-refractivity contribution >= 4 is 0 Å². The number of fused-ring (bicyclic) bond motifs is 3. The van der Waals surface area contributed by atoms with Crippen LogP contribution in [0.25, 0.3) is 0 Å². The summed E-state index contributed by atoms with van der Waals surface area (Å²) in [7, 11) is 0. The molecule has 3 rings (SSSR count). The molecular formula is C12H20O. The van der Waals surface area contributed by atoms with Gasteiger partial charge in [0.05, 0.1) is 12.2 Å². The van der Waals surface area contributed by atoms with Crippen molar-refractivity contribution in [3.8, 4) is 0 Å². The molecule has 0 aromatic carbocycles. The van der Waals surface area contributed by atoms with E-state index in [4.69, 9.17) is 4.74 Å². The Morgan fingerprint density at radius 1 is 1.08 bits per heavy atom. The average molecular weight is 180 g/mol. The summed E-state index contributed by atoms with van der Waals surface area (Å²) in [4.78, 5) is 0. The Morgan fingerprint density at radius 3 is 2.38 bits per heavy atom. The second-order valence-electron chi connectivity index (χ2n) is 5.57. The molecule has 13 heavy (non-hydrogen) atoms. The lowest BCUT2D eigenvalue weighted by Crippen LogP contribution is -2.35. The van der Waals surface area contributed by atoms with Crippen LogP contribution in [0, 0.1) is 11.3 Å². The zero-order valence-electron chi connectivity index (χ0n) is 8.59. The van der Waals surface area contributed by atoms with Gasteiger partial charge in [0.25, 0.3) is 0 Å². The van der Waals surface area contributed by atoms with Gasteiger partial charge in [-0.3, -0.25) is 0 Å². The second kappa shape index (κ2) is 2.73. The highest BCUT2D eigenvalue weighted by Gasteiger charge is 2.52. The lowest BCUT2D eigenvalue weighted by Gasteiger charge is -2.40. The van der Waals surface area contributed by atoms with Crippen LogP contribution in [0.15, 0.2) is 0 Å². The van der Waals surface area contributed by atoms with Crippen molar-refractivity contribution in [1.82, 2.24) is 0 Å². The smallest absolute Gasteiger partial charge is 0.0637 e. The molecule has 2 heterocycles. The molecule has 2 unspecified atom stereocenters. The summed E-state index contributed by atoms with van der Waals surface area (Å²) in [6, 6.07) is 0. The molecule has 1 heteroatoms. The first-order chi connectivity index (χ1) is 6.28. The lowest BCUT2D eigenvalue weighted by molar-refractivity contribution is 0.0331. The highest BCUT2D eigenvalue weighted by Crippen LogP contribution is 2.55. The van der Waals surface area contributed by atoms with Gasteiger partial charge in [-0.2, -0.15) is 0 Å². The van der Waals surface area contributed by atoms with Crippen LogP contribution in [0.5, 0.6) is 0 Å². The van der Waals surface area contributed by atoms with E-state index in [1.54, 1.807) is 0 Å². The predicted octanol–water partition coefficient (Wildman–Crippen LogP) is 3.13. The Hall–Kier alpha value is -0.0400. The Bertz CT molecular complexity index is 203. The summed E-state index contributed by atoms with van der Waals surface area (Å²) in [6.45, 7) is 2.40. The monoisotopic (exact) mass is 180 g/mol. The van der Waals surface area contributed by atoms with E-state index in [0.717, 1.165) is 5.92 Å². The molecule has 1 aliphatic carbocycles. The third-order valence-electron chi connectivity index (χ3n) is 4.69. The van der Waals surface area contributed by atoms with Crippen molar-refractivity contribution in [3.63, 3.8) is 0 Å². The minimum Gasteiger partial charge on any atom is -0.374 e. The Morgan fingerprint density at radius 2 is 1.85 bits per heavy atom. The molecule has 2 bridgehead atoms. The minimum atomic E-state index is 0.648. The fourth-order valence-corrected chi connectivity index (χ4v) is 3.75. The van der Waals surface area contributed by atoms with Gasteiger partial charge < -0.3 is 4.74 Å². The zero-order valence-corrected chi connectivity index (χ0v) is 8.59. The van der Waals surface area contributed by atoms with E-state index in [1.807, 2.05) is 0 Å². The van der Waals surface area contributed by atoms with Gasteiger partial charge in [-0.1, -0.05) is 19.8 Å². The molecule has 74 valence electrons. The van der Waals surface area contributed by atoms with Gasteiger partial charge in [-0.05, 0) is 43.4 Å². The molecule has 1 nitrogen and oxygen atoms in total. The standard InChI is InChI=1S/C12H20O/c1-9-4-6-12(7-5-9)8-10-2-3-11(12)13-10/h9-11H,2-8H2,1H3. The number of rotatable bonds is 0. The van der Waals surface area contributed by atoms with E-state index in [9.17, 15) is 0 Å². The highest BCUT2D eigenvalue weighted by atomic mass is 16.5. The molecule has 1 spiro atoms. The average Bonchev–Trinajstić information content (AvgIpc) is 2.70. The third-order valence-corrected chi connectivity index (χ3v) is 4.69. The SMILES string of the molecule is CC1CCC2(CC1)CC1CCC2O1. The molecule has 0 N–H and O–H groups in total. The van der Waals surface area contributed by atoms with Crippen molar-refractivity contribution < 1.29 is 4.74 Å². The van der Waals surface area contributed by atoms with E-state index < -0.39 is 0 Å². The fourth-order valence-electron chi connectivity index (χ4n) is 3.75. The second-order valence-corrected chi connectivity index (χ2v) is 5.57. The van der Waals surface area contributed by atoms with E-state index in [1.165, 1.54) is 44.9 Å². The number of hydrogen-bond donors (Lipinski definition) is 0. The van der Waals surface area contributed by atoms with Crippen LogP contribution >= 0.6 is 0 Å². The first kappa shape index (κ1) is 8.28. The molecular weight excluding hydrogens is 160 g/mol. The Labute approximate surface area is 80.8 Å². The molecule has 0 radical (unpaired) electrons. The molecule has 3 fully saturated rings. The first-order valence-corrected chi connectivity index (χ1v) is 5.94. The Balaban J connectivity index is 1.76. The van der Waals surface area contributed by atoms with Gasteiger partial charge in [0.1, 0.15) is 0 Å². The maximum Gasteiger partial charge on any atom is 0.0637 e. The largest absolute Gasteiger partial charge is 0.374 e. The van der Waals surface area contributed by atoms with Crippen LogP contribution in [-0.2, 0) is 4.74 Å². The number of ether oxygens (including phenoxy) is 1. The molecule has 2 saturated heterocycles. The quantitative estimate of drug-likeness (QED) is 0.556. The van der Waals surface area contributed by atoms with Gasteiger partial charge in [0.15, 0.2) is 0 Å². The lowest BCUT2D eigenvalue weighted by atomic mass is 9.63. The van der Waals surface area contributed by atoms with Gasteiger partial charge in [-0.25, -0.2) is 0 Å².